The molecule has 0 atom stereocenters. The summed E-state index contributed by atoms with van der Waals surface area (Å²) in [5, 5.41) is 3.00. The molecule has 0 bridgehead atoms. The van der Waals surface area contributed by atoms with Gasteiger partial charge in [0.05, 0.1) is 12.2 Å². The van der Waals surface area contributed by atoms with Gasteiger partial charge in [0.1, 0.15) is 17.4 Å². The Labute approximate surface area is 153 Å². The van der Waals surface area contributed by atoms with E-state index in [2.05, 4.69) is 24.9 Å². The molecule has 1 fully saturated rings. The van der Waals surface area contributed by atoms with E-state index in [9.17, 15) is 4.79 Å². The number of thiazole rings is 1. The summed E-state index contributed by atoms with van der Waals surface area (Å²) in [7, 11) is 0. The Morgan fingerprint density at radius 1 is 1.36 bits per heavy atom. The predicted molar refractivity (Wildman–Crippen MR) is 101 cm³/mol. The predicted octanol–water partition coefficient (Wildman–Crippen LogP) is 4.75. The van der Waals surface area contributed by atoms with E-state index in [0.29, 0.717) is 31.5 Å². The van der Waals surface area contributed by atoms with E-state index in [1.54, 1.807) is 11.3 Å². The summed E-state index contributed by atoms with van der Waals surface area (Å²) in [4.78, 5) is 18.7. The molecule has 0 unspecified atom stereocenters. The summed E-state index contributed by atoms with van der Waals surface area (Å²) in [6.07, 6.45) is 2.80. The highest BCUT2D eigenvalue weighted by Crippen LogP contribution is 2.30. The number of benzene rings is 1. The first-order valence-electron chi connectivity index (χ1n) is 9.03. The molecule has 134 valence electrons. The zero-order valence-corrected chi connectivity index (χ0v) is 16.0. The highest BCUT2D eigenvalue weighted by Gasteiger charge is 2.32. The Bertz CT molecular complexity index is 722. The number of carbonyl (C=O) groups is 1. The van der Waals surface area contributed by atoms with Gasteiger partial charge in [-0.05, 0) is 30.4 Å². The molecule has 5 heteroatoms. The van der Waals surface area contributed by atoms with Gasteiger partial charge in [0, 0.05) is 17.8 Å². The molecular weight excluding hydrogens is 332 g/mol. The molecule has 0 N–H and O–H groups in total. The summed E-state index contributed by atoms with van der Waals surface area (Å²) in [6, 6.07) is 8.58. The van der Waals surface area contributed by atoms with E-state index in [1.807, 2.05) is 35.4 Å². The van der Waals surface area contributed by atoms with E-state index >= 15 is 0 Å². The van der Waals surface area contributed by atoms with Crippen LogP contribution in [0.15, 0.2) is 29.6 Å². The molecule has 1 aliphatic rings. The normalized spacial score (nSPS) is 13.9. The molecule has 1 amide bonds. The maximum absolute atomic E-state index is 12.1. The van der Waals surface area contributed by atoms with Gasteiger partial charge in [-0.3, -0.25) is 4.79 Å². The van der Waals surface area contributed by atoms with Gasteiger partial charge >= 0.3 is 0 Å². The van der Waals surface area contributed by atoms with Crippen molar-refractivity contribution in [2.45, 2.75) is 65.1 Å². The van der Waals surface area contributed by atoms with Gasteiger partial charge in [0.15, 0.2) is 0 Å². The fourth-order valence-corrected chi connectivity index (χ4v) is 3.60. The lowest BCUT2D eigenvalue weighted by atomic mass is 10.0. The van der Waals surface area contributed by atoms with Crippen molar-refractivity contribution in [1.82, 2.24) is 9.88 Å². The third kappa shape index (κ3) is 4.60. The van der Waals surface area contributed by atoms with Crippen LogP contribution in [0, 0.1) is 0 Å². The van der Waals surface area contributed by atoms with E-state index in [-0.39, 0.29) is 5.91 Å². The molecular formula is C20H26N2O2S. The zero-order chi connectivity index (χ0) is 17.8. The summed E-state index contributed by atoms with van der Waals surface area (Å²) < 4.78 is 6.00. The molecule has 0 saturated heterocycles. The highest BCUT2D eigenvalue weighted by atomic mass is 32.1. The number of hydrogen-bond acceptors (Lipinski definition) is 4. The summed E-state index contributed by atoms with van der Waals surface area (Å²) >= 11 is 1.60. The summed E-state index contributed by atoms with van der Waals surface area (Å²) in [6.45, 7) is 7.35. The molecule has 3 rings (SSSR count). The second kappa shape index (κ2) is 8.00. The molecule has 2 aromatic rings. The Hall–Kier alpha value is -1.88. The average molecular weight is 359 g/mol. The van der Waals surface area contributed by atoms with Gasteiger partial charge in [-0.1, -0.05) is 39.0 Å². The van der Waals surface area contributed by atoms with Crippen molar-refractivity contribution in [2.24, 2.45) is 0 Å². The second-order valence-corrected chi connectivity index (χ2v) is 7.76. The van der Waals surface area contributed by atoms with Crippen LogP contribution in [0.4, 0.5) is 0 Å². The minimum Gasteiger partial charge on any atom is -0.486 e. The molecule has 4 nitrogen and oxygen atoms in total. The monoisotopic (exact) mass is 358 g/mol. The van der Waals surface area contributed by atoms with Crippen molar-refractivity contribution in [3.05, 3.63) is 45.9 Å². The topological polar surface area (TPSA) is 42.4 Å². The number of rotatable bonds is 8. The lowest BCUT2D eigenvalue weighted by Crippen LogP contribution is -2.32. The van der Waals surface area contributed by atoms with E-state index in [4.69, 9.17) is 4.74 Å². The Morgan fingerprint density at radius 2 is 2.12 bits per heavy atom. The number of carbonyl (C=O) groups excluding carboxylic acids is 1. The highest BCUT2D eigenvalue weighted by molar-refractivity contribution is 7.09. The van der Waals surface area contributed by atoms with Crippen LogP contribution in [-0.4, -0.2) is 21.8 Å². The first-order chi connectivity index (χ1) is 12.1. The molecule has 25 heavy (non-hydrogen) atoms. The smallest absolute Gasteiger partial charge is 0.222 e. The van der Waals surface area contributed by atoms with E-state index < -0.39 is 0 Å². The molecule has 1 aliphatic carbocycles. The third-order valence-electron chi connectivity index (χ3n) is 4.43. The van der Waals surface area contributed by atoms with Crippen LogP contribution >= 0.6 is 11.3 Å². The van der Waals surface area contributed by atoms with Crippen LogP contribution in [0.1, 0.15) is 62.2 Å². The Kier molecular flexibility index (Phi) is 5.74. The van der Waals surface area contributed by atoms with Gasteiger partial charge in [-0.2, -0.15) is 0 Å². The minimum atomic E-state index is 0.221. The minimum absolute atomic E-state index is 0.221. The molecule has 0 aliphatic heterocycles. The average Bonchev–Trinajstić information content (AvgIpc) is 3.36. The molecule has 0 spiro atoms. The molecule has 0 radical (unpaired) electrons. The number of amides is 1. The molecule has 1 aromatic carbocycles. The van der Waals surface area contributed by atoms with Crippen LogP contribution in [0.5, 0.6) is 5.75 Å². The first-order valence-corrected chi connectivity index (χ1v) is 9.91. The maximum Gasteiger partial charge on any atom is 0.222 e. The van der Waals surface area contributed by atoms with Crippen molar-refractivity contribution in [2.75, 3.05) is 0 Å². The Balaban J connectivity index is 1.61. The maximum atomic E-state index is 12.1. The SMILES string of the molecule is CCC(=O)N(Cc1csc(COc2ccccc2C(C)C)n1)C1CC1. The van der Waals surface area contributed by atoms with Gasteiger partial charge in [-0.15, -0.1) is 11.3 Å². The standard InChI is InChI=1S/C20H26N2O2S/c1-4-20(23)22(16-9-10-16)11-15-13-25-19(21-15)12-24-18-8-6-5-7-17(18)14(2)3/h5-8,13-14,16H,4,9-12H2,1-3H3. The van der Waals surface area contributed by atoms with Crippen LogP contribution in [0.2, 0.25) is 0 Å². The van der Waals surface area contributed by atoms with Crippen LogP contribution < -0.4 is 4.74 Å². The van der Waals surface area contributed by atoms with E-state index in [0.717, 1.165) is 29.3 Å². The van der Waals surface area contributed by atoms with E-state index in [1.165, 1.54) is 5.56 Å². The lowest BCUT2D eigenvalue weighted by Gasteiger charge is -2.20. The number of nitrogens with zero attached hydrogens (tertiary/aromatic N) is 2. The quantitative estimate of drug-likeness (QED) is 0.684. The summed E-state index contributed by atoms with van der Waals surface area (Å²) in [5.41, 5.74) is 2.18. The fraction of sp³-hybridized carbons (Fsp3) is 0.500. The second-order valence-electron chi connectivity index (χ2n) is 6.82. The fourth-order valence-electron chi connectivity index (χ4n) is 2.90. The summed E-state index contributed by atoms with van der Waals surface area (Å²) in [5.74, 6) is 1.57. The molecule has 1 heterocycles. The molecule has 1 aromatic heterocycles. The van der Waals surface area contributed by atoms with Crippen molar-refractivity contribution >= 4 is 17.2 Å². The van der Waals surface area contributed by atoms with Gasteiger partial charge in [0.2, 0.25) is 5.91 Å². The zero-order valence-electron chi connectivity index (χ0n) is 15.2. The van der Waals surface area contributed by atoms with Crippen LogP contribution in [0.25, 0.3) is 0 Å². The van der Waals surface area contributed by atoms with Crippen LogP contribution in [0.3, 0.4) is 0 Å². The van der Waals surface area contributed by atoms with Gasteiger partial charge < -0.3 is 9.64 Å². The van der Waals surface area contributed by atoms with Crippen molar-refractivity contribution < 1.29 is 9.53 Å². The Morgan fingerprint density at radius 3 is 2.80 bits per heavy atom. The number of ether oxygens (including phenoxy) is 1. The molecule has 1 saturated carbocycles. The number of para-hydroxylation sites is 1. The largest absolute Gasteiger partial charge is 0.486 e. The van der Waals surface area contributed by atoms with Gasteiger partial charge in [0.25, 0.3) is 0 Å². The number of hydrogen-bond donors (Lipinski definition) is 0. The lowest BCUT2D eigenvalue weighted by molar-refractivity contribution is -0.132. The number of aromatic nitrogens is 1. The van der Waals surface area contributed by atoms with Crippen molar-refractivity contribution in [3.63, 3.8) is 0 Å². The van der Waals surface area contributed by atoms with Crippen molar-refractivity contribution in [1.29, 1.82) is 0 Å². The first kappa shape index (κ1) is 17.9. The van der Waals surface area contributed by atoms with Gasteiger partial charge in [-0.25, -0.2) is 4.98 Å². The van der Waals surface area contributed by atoms with Crippen LogP contribution in [-0.2, 0) is 17.9 Å². The van der Waals surface area contributed by atoms with Crippen molar-refractivity contribution in [3.8, 4) is 5.75 Å². The third-order valence-corrected chi connectivity index (χ3v) is 5.31.